The van der Waals surface area contributed by atoms with Gasteiger partial charge in [0.15, 0.2) is 0 Å². The summed E-state index contributed by atoms with van der Waals surface area (Å²) >= 11 is 1.56. The van der Waals surface area contributed by atoms with Crippen molar-refractivity contribution in [3.8, 4) is 0 Å². The van der Waals surface area contributed by atoms with Crippen LogP contribution in [0.1, 0.15) is 6.92 Å². The zero-order chi connectivity index (χ0) is 13.4. The average molecular weight is 270 g/mol. The Morgan fingerprint density at radius 2 is 2.00 bits per heavy atom. The van der Waals surface area contributed by atoms with Gasteiger partial charge in [-0.3, -0.25) is 4.79 Å². The molecule has 1 aromatic carbocycles. The van der Waals surface area contributed by atoms with E-state index in [1.807, 2.05) is 14.0 Å². The fourth-order valence-electron chi connectivity index (χ4n) is 1.31. The molecule has 0 aromatic heterocycles. The minimum absolute atomic E-state index is 0.0554. The normalized spacial score (nSPS) is 12.2. The van der Waals surface area contributed by atoms with E-state index in [4.69, 9.17) is 0 Å². The van der Waals surface area contributed by atoms with Gasteiger partial charge in [-0.1, -0.05) is 6.92 Å². The second kappa shape index (κ2) is 8.11. The first-order valence-corrected chi connectivity index (χ1v) is 6.92. The van der Waals surface area contributed by atoms with Gasteiger partial charge in [0.1, 0.15) is 5.82 Å². The van der Waals surface area contributed by atoms with E-state index in [0.29, 0.717) is 12.3 Å². The number of hydrogen-bond acceptors (Lipinski definition) is 3. The molecule has 1 atom stereocenters. The first-order valence-electron chi connectivity index (χ1n) is 5.94. The first kappa shape index (κ1) is 15.0. The molecular weight excluding hydrogens is 251 g/mol. The maximum atomic E-state index is 12.7. The fourth-order valence-corrected chi connectivity index (χ4v) is 2.24. The number of carbonyl (C=O) groups excluding carboxylic acids is 1. The number of hydrogen-bond donors (Lipinski definition) is 2. The standard InChI is InChI=1S/C13H19FN2OS/c1-10(13(17)16-8-7-15-2)9-18-12-5-3-11(14)4-6-12/h3-6,10,15H,7-9H2,1-2H3,(H,16,17). The van der Waals surface area contributed by atoms with Crippen molar-refractivity contribution in [2.75, 3.05) is 25.9 Å². The summed E-state index contributed by atoms with van der Waals surface area (Å²) in [6.07, 6.45) is 0. The summed E-state index contributed by atoms with van der Waals surface area (Å²) in [6.45, 7) is 3.30. The molecule has 1 amide bonds. The molecule has 3 nitrogen and oxygen atoms in total. The van der Waals surface area contributed by atoms with Gasteiger partial charge >= 0.3 is 0 Å². The van der Waals surface area contributed by atoms with E-state index in [1.54, 1.807) is 23.9 Å². The van der Waals surface area contributed by atoms with Gasteiger partial charge < -0.3 is 10.6 Å². The Hall–Kier alpha value is -1.07. The number of carbonyl (C=O) groups is 1. The summed E-state index contributed by atoms with van der Waals surface area (Å²) in [5.41, 5.74) is 0. The zero-order valence-corrected chi connectivity index (χ0v) is 11.5. The van der Waals surface area contributed by atoms with Crippen LogP contribution in [-0.2, 0) is 4.79 Å². The lowest BCUT2D eigenvalue weighted by molar-refractivity contribution is -0.123. The van der Waals surface area contributed by atoms with Crippen molar-refractivity contribution in [3.05, 3.63) is 30.1 Å². The number of rotatable bonds is 7. The first-order chi connectivity index (χ1) is 8.63. The van der Waals surface area contributed by atoms with E-state index in [-0.39, 0.29) is 17.6 Å². The summed E-state index contributed by atoms with van der Waals surface area (Å²) in [7, 11) is 1.85. The van der Waals surface area contributed by atoms with Crippen molar-refractivity contribution in [1.29, 1.82) is 0 Å². The molecule has 0 aliphatic carbocycles. The van der Waals surface area contributed by atoms with Gasteiger partial charge in [0.2, 0.25) is 5.91 Å². The van der Waals surface area contributed by atoms with Gasteiger partial charge in [0.05, 0.1) is 0 Å². The number of nitrogens with one attached hydrogen (secondary N) is 2. The third kappa shape index (κ3) is 5.51. The number of benzene rings is 1. The van der Waals surface area contributed by atoms with Crippen molar-refractivity contribution in [1.82, 2.24) is 10.6 Å². The quantitative estimate of drug-likeness (QED) is 0.587. The molecule has 0 radical (unpaired) electrons. The van der Waals surface area contributed by atoms with Crippen molar-refractivity contribution < 1.29 is 9.18 Å². The van der Waals surface area contributed by atoms with Gasteiger partial charge in [-0.2, -0.15) is 0 Å². The predicted molar refractivity (Wildman–Crippen MR) is 73.2 cm³/mol. The van der Waals surface area contributed by atoms with E-state index in [9.17, 15) is 9.18 Å². The van der Waals surface area contributed by atoms with Crippen LogP contribution >= 0.6 is 11.8 Å². The van der Waals surface area contributed by atoms with Crippen molar-refractivity contribution in [2.24, 2.45) is 5.92 Å². The van der Waals surface area contributed by atoms with Gasteiger partial charge in [-0.15, -0.1) is 11.8 Å². The molecule has 0 saturated carbocycles. The Balaban J connectivity index is 2.29. The molecule has 0 spiro atoms. The van der Waals surface area contributed by atoms with Crippen LogP contribution in [0.15, 0.2) is 29.2 Å². The molecule has 0 aliphatic rings. The van der Waals surface area contributed by atoms with Crippen LogP contribution in [0.2, 0.25) is 0 Å². The molecular formula is C13H19FN2OS. The highest BCUT2D eigenvalue weighted by Crippen LogP contribution is 2.20. The molecule has 18 heavy (non-hydrogen) atoms. The summed E-state index contributed by atoms with van der Waals surface area (Å²) in [5, 5.41) is 5.82. The molecule has 0 aliphatic heterocycles. The molecule has 0 bridgehead atoms. The van der Waals surface area contributed by atoms with Gasteiger partial charge in [0, 0.05) is 29.7 Å². The van der Waals surface area contributed by atoms with E-state index in [2.05, 4.69) is 10.6 Å². The lowest BCUT2D eigenvalue weighted by Crippen LogP contribution is -2.34. The van der Waals surface area contributed by atoms with E-state index in [1.165, 1.54) is 12.1 Å². The van der Waals surface area contributed by atoms with Crippen LogP contribution in [-0.4, -0.2) is 31.8 Å². The summed E-state index contributed by atoms with van der Waals surface area (Å²) in [4.78, 5) is 12.7. The minimum atomic E-state index is -0.239. The Bertz CT molecular complexity index is 370. The highest BCUT2D eigenvalue weighted by Gasteiger charge is 2.12. The second-order valence-corrected chi connectivity index (χ2v) is 5.15. The van der Waals surface area contributed by atoms with E-state index < -0.39 is 0 Å². The Morgan fingerprint density at radius 3 is 2.61 bits per heavy atom. The molecule has 5 heteroatoms. The van der Waals surface area contributed by atoms with Gasteiger partial charge in [0.25, 0.3) is 0 Å². The molecule has 0 saturated heterocycles. The monoisotopic (exact) mass is 270 g/mol. The highest BCUT2D eigenvalue weighted by molar-refractivity contribution is 7.99. The summed E-state index contributed by atoms with van der Waals surface area (Å²) < 4.78 is 12.7. The highest BCUT2D eigenvalue weighted by atomic mass is 32.2. The smallest absolute Gasteiger partial charge is 0.223 e. The Morgan fingerprint density at radius 1 is 1.33 bits per heavy atom. The van der Waals surface area contributed by atoms with Crippen molar-refractivity contribution in [3.63, 3.8) is 0 Å². The maximum Gasteiger partial charge on any atom is 0.223 e. The number of thioether (sulfide) groups is 1. The Labute approximate surface area is 112 Å². The Kier molecular flexibility index (Phi) is 6.75. The van der Waals surface area contributed by atoms with Crippen LogP contribution in [0, 0.1) is 11.7 Å². The SMILES string of the molecule is CNCCNC(=O)C(C)CSc1ccc(F)cc1. The third-order valence-corrected chi connectivity index (χ3v) is 3.71. The van der Waals surface area contributed by atoms with Crippen LogP contribution in [0.3, 0.4) is 0 Å². The molecule has 2 N–H and O–H groups in total. The fraction of sp³-hybridized carbons (Fsp3) is 0.462. The number of likely N-dealkylation sites (N-methyl/N-ethyl adjacent to an activating group) is 1. The minimum Gasteiger partial charge on any atom is -0.355 e. The predicted octanol–water partition coefficient (Wildman–Crippen LogP) is 1.89. The zero-order valence-electron chi connectivity index (χ0n) is 10.7. The lowest BCUT2D eigenvalue weighted by atomic mass is 10.2. The van der Waals surface area contributed by atoms with Crippen molar-refractivity contribution >= 4 is 17.7 Å². The molecule has 0 fully saturated rings. The van der Waals surface area contributed by atoms with Crippen LogP contribution in [0.25, 0.3) is 0 Å². The number of halogens is 1. The van der Waals surface area contributed by atoms with Crippen LogP contribution in [0.5, 0.6) is 0 Å². The average Bonchev–Trinajstić information content (AvgIpc) is 2.38. The van der Waals surface area contributed by atoms with E-state index in [0.717, 1.165) is 11.4 Å². The second-order valence-electron chi connectivity index (χ2n) is 4.06. The lowest BCUT2D eigenvalue weighted by Gasteiger charge is -2.11. The van der Waals surface area contributed by atoms with Crippen LogP contribution < -0.4 is 10.6 Å². The van der Waals surface area contributed by atoms with Crippen LogP contribution in [0.4, 0.5) is 4.39 Å². The van der Waals surface area contributed by atoms with Gasteiger partial charge in [-0.25, -0.2) is 4.39 Å². The van der Waals surface area contributed by atoms with Crippen molar-refractivity contribution in [2.45, 2.75) is 11.8 Å². The molecule has 1 rings (SSSR count). The summed E-state index contributed by atoms with van der Waals surface area (Å²) in [6, 6.07) is 6.32. The van der Waals surface area contributed by atoms with Gasteiger partial charge in [-0.05, 0) is 31.3 Å². The molecule has 1 aromatic rings. The number of amides is 1. The molecule has 1 unspecified atom stereocenters. The maximum absolute atomic E-state index is 12.7. The summed E-state index contributed by atoms with van der Waals surface area (Å²) in [5.74, 6) is 0.450. The topological polar surface area (TPSA) is 41.1 Å². The van der Waals surface area contributed by atoms with E-state index >= 15 is 0 Å². The molecule has 0 heterocycles. The third-order valence-electron chi connectivity index (χ3n) is 2.44. The largest absolute Gasteiger partial charge is 0.355 e. The molecule has 100 valence electrons.